The molecule has 0 aromatic heterocycles. The van der Waals surface area contributed by atoms with E-state index in [0.717, 1.165) is 18.2 Å². The molecule has 0 bridgehead atoms. The molecule has 2 aromatic carbocycles. The highest BCUT2D eigenvalue weighted by atomic mass is 32.2. The zero-order chi connectivity index (χ0) is 26.9. The third-order valence-electron chi connectivity index (χ3n) is 4.35. The monoisotopic (exact) mass is 517 g/mol. The van der Waals surface area contributed by atoms with E-state index in [2.05, 4.69) is 21.9 Å². The van der Waals surface area contributed by atoms with Crippen LogP contribution in [0.3, 0.4) is 0 Å². The Kier molecular flexibility index (Phi) is 9.40. The van der Waals surface area contributed by atoms with Crippen LogP contribution in [0.2, 0.25) is 0 Å². The molecule has 36 heavy (non-hydrogen) atoms. The zero-order valence-electron chi connectivity index (χ0n) is 20.3. The minimum Gasteiger partial charge on any atom is -0.469 e. The van der Waals surface area contributed by atoms with Crippen LogP contribution in [0.15, 0.2) is 47.4 Å². The molecule has 2 N–H and O–H groups in total. The number of ether oxygens (including phenoxy) is 2. The number of sulfonamides is 1. The molecule has 11 nitrogen and oxygen atoms in total. The Morgan fingerprint density at radius 1 is 1.14 bits per heavy atom. The van der Waals surface area contributed by atoms with Crippen LogP contribution in [0.1, 0.15) is 45.6 Å². The molecule has 0 saturated carbocycles. The lowest BCUT2D eigenvalue weighted by molar-refractivity contribution is -0.385. The van der Waals surface area contributed by atoms with Gasteiger partial charge in [0.25, 0.3) is 15.7 Å². The summed E-state index contributed by atoms with van der Waals surface area (Å²) in [6.45, 7) is 4.99. The largest absolute Gasteiger partial charge is 0.469 e. The molecule has 0 aliphatic rings. The van der Waals surface area contributed by atoms with Gasteiger partial charge in [0.1, 0.15) is 16.4 Å². The van der Waals surface area contributed by atoms with Gasteiger partial charge in [0.15, 0.2) is 0 Å². The smallest absolute Gasteiger partial charge is 0.329 e. The quantitative estimate of drug-likeness (QED) is 0.176. The molecular formula is C24H27N3O8S. The first-order valence-electron chi connectivity index (χ1n) is 10.8. The van der Waals surface area contributed by atoms with Crippen LogP contribution in [-0.4, -0.2) is 38.0 Å². The first-order chi connectivity index (χ1) is 16.8. The molecule has 0 aliphatic heterocycles. The van der Waals surface area contributed by atoms with E-state index in [1.165, 1.54) is 7.11 Å². The van der Waals surface area contributed by atoms with Gasteiger partial charge >= 0.3 is 12.0 Å². The molecule has 0 saturated heterocycles. The van der Waals surface area contributed by atoms with Crippen molar-refractivity contribution in [3.8, 4) is 23.3 Å². The Bertz CT molecular complexity index is 1300. The maximum atomic E-state index is 12.9. The summed E-state index contributed by atoms with van der Waals surface area (Å²) in [5.74, 6) is 5.54. The molecule has 0 unspecified atom stereocenters. The Balaban J connectivity index is 2.30. The van der Waals surface area contributed by atoms with E-state index in [1.54, 1.807) is 45.0 Å². The summed E-state index contributed by atoms with van der Waals surface area (Å²) in [6.07, 6.45) is 1.26. The average Bonchev–Trinajstić information content (AvgIpc) is 2.77. The number of esters is 1. The Morgan fingerprint density at radius 2 is 1.86 bits per heavy atom. The van der Waals surface area contributed by atoms with E-state index in [1.807, 2.05) is 4.72 Å². The number of non-ortho nitro benzene ring substituents is 1. The van der Waals surface area contributed by atoms with Gasteiger partial charge in [-0.3, -0.25) is 14.9 Å². The molecule has 12 heteroatoms. The van der Waals surface area contributed by atoms with Gasteiger partial charge in [-0.15, -0.1) is 0 Å². The van der Waals surface area contributed by atoms with Gasteiger partial charge in [-0.05, 0) is 51.5 Å². The lowest BCUT2D eigenvalue weighted by Crippen LogP contribution is -2.48. The van der Waals surface area contributed by atoms with Gasteiger partial charge in [0.05, 0.1) is 12.0 Å². The average molecular weight is 518 g/mol. The number of amides is 2. The molecule has 0 spiro atoms. The van der Waals surface area contributed by atoms with Crippen LogP contribution >= 0.6 is 0 Å². The van der Waals surface area contributed by atoms with Gasteiger partial charge in [0, 0.05) is 36.1 Å². The highest BCUT2D eigenvalue weighted by Gasteiger charge is 2.27. The normalized spacial score (nSPS) is 11.0. The third-order valence-corrected chi connectivity index (χ3v) is 5.70. The summed E-state index contributed by atoms with van der Waals surface area (Å²) in [6, 6.07) is 8.52. The van der Waals surface area contributed by atoms with Crippen LogP contribution in [-0.2, 0) is 19.6 Å². The molecule has 2 rings (SSSR count). The Labute approximate surface area is 209 Å². The number of carbonyl (C=O) groups excluding carboxylic acids is 2. The summed E-state index contributed by atoms with van der Waals surface area (Å²) >= 11 is 0. The molecule has 0 fully saturated rings. The second kappa shape index (κ2) is 12.0. The van der Waals surface area contributed by atoms with Crippen molar-refractivity contribution in [1.29, 1.82) is 0 Å². The van der Waals surface area contributed by atoms with E-state index in [0.29, 0.717) is 18.4 Å². The summed E-state index contributed by atoms with van der Waals surface area (Å²) in [5.41, 5.74) is -0.646. The molecule has 0 heterocycles. The maximum Gasteiger partial charge on any atom is 0.329 e. The fraction of sp³-hybridized carbons (Fsp3) is 0.333. The van der Waals surface area contributed by atoms with Gasteiger partial charge in [0.2, 0.25) is 0 Å². The molecule has 192 valence electrons. The molecular weight excluding hydrogens is 490 g/mol. The second-order valence-electron chi connectivity index (χ2n) is 8.56. The van der Waals surface area contributed by atoms with Crippen LogP contribution < -0.4 is 14.8 Å². The topological polar surface area (TPSA) is 154 Å². The predicted molar refractivity (Wildman–Crippen MR) is 131 cm³/mol. The second-order valence-corrected chi connectivity index (χ2v) is 10.2. The van der Waals surface area contributed by atoms with Crippen molar-refractivity contribution in [1.82, 2.24) is 10.0 Å². The SMILES string of the molecule is COC(=O)CCCC#Cc1cccc(Oc2ccc([N+](=O)[O-])cc2S(=O)(=O)NC(=O)NC(C)(C)C)c1. The van der Waals surface area contributed by atoms with Crippen molar-refractivity contribution in [2.75, 3.05) is 7.11 Å². The fourth-order valence-corrected chi connectivity index (χ4v) is 3.86. The highest BCUT2D eigenvalue weighted by molar-refractivity contribution is 7.90. The summed E-state index contributed by atoms with van der Waals surface area (Å²) in [4.78, 5) is 33.2. The number of unbranched alkanes of at least 4 members (excludes halogenated alkanes) is 1. The summed E-state index contributed by atoms with van der Waals surface area (Å²) in [7, 11) is -3.22. The van der Waals surface area contributed by atoms with Crippen LogP contribution in [0.25, 0.3) is 0 Å². The number of nitro groups is 1. The predicted octanol–water partition coefficient (Wildman–Crippen LogP) is 3.87. The first kappa shape index (κ1) is 28.1. The number of hydrogen-bond donors (Lipinski definition) is 2. The van der Waals surface area contributed by atoms with E-state index >= 15 is 0 Å². The summed E-state index contributed by atoms with van der Waals surface area (Å²) in [5, 5.41) is 13.7. The van der Waals surface area contributed by atoms with Gasteiger partial charge in [-0.25, -0.2) is 17.9 Å². The van der Waals surface area contributed by atoms with Crippen molar-refractivity contribution in [3.63, 3.8) is 0 Å². The number of urea groups is 1. The van der Waals surface area contributed by atoms with Gasteiger partial charge < -0.3 is 14.8 Å². The number of nitro benzene ring substituents is 1. The number of rotatable bonds is 8. The third kappa shape index (κ3) is 8.92. The molecule has 0 atom stereocenters. The molecule has 0 aliphatic carbocycles. The van der Waals surface area contributed by atoms with Crippen LogP contribution in [0.4, 0.5) is 10.5 Å². The zero-order valence-corrected chi connectivity index (χ0v) is 21.1. The van der Waals surface area contributed by atoms with E-state index in [9.17, 15) is 28.1 Å². The molecule has 2 aromatic rings. The van der Waals surface area contributed by atoms with E-state index in [4.69, 9.17) is 4.74 Å². The summed E-state index contributed by atoms with van der Waals surface area (Å²) < 4.78 is 38.0. The highest BCUT2D eigenvalue weighted by Crippen LogP contribution is 2.32. The van der Waals surface area contributed by atoms with Crippen molar-refractivity contribution in [3.05, 3.63) is 58.1 Å². The molecule has 2 amide bonds. The Morgan fingerprint density at radius 3 is 2.50 bits per heavy atom. The standard InChI is InChI=1S/C24H27N3O8S/c1-24(2,3)25-23(29)26-36(32,33)21-16-18(27(30)31)13-14-20(21)35-19-11-8-10-17(15-19)9-6-5-7-12-22(28)34-4/h8,10-11,13-16H,5,7,12H2,1-4H3,(H2,25,26,29). The van der Waals surface area contributed by atoms with Crippen molar-refractivity contribution >= 4 is 27.7 Å². The van der Waals surface area contributed by atoms with Crippen LogP contribution in [0.5, 0.6) is 11.5 Å². The van der Waals surface area contributed by atoms with Gasteiger partial charge in [-0.1, -0.05) is 17.9 Å². The van der Waals surface area contributed by atoms with Crippen LogP contribution in [0, 0.1) is 22.0 Å². The van der Waals surface area contributed by atoms with Crippen molar-refractivity contribution < 1.29 is 32.4 Å². The fourth-order valence-electron chi connectivity index (χ4n) is 2.80. The number of hydrogen-bond acceptors (Lipinski definition) is 8. The van der Waals surface area contributed by atoms with E-state index < -0.39 is 37.1 Å². The lowest BCUT2D eigenvalue weighted by Gasteiger charge is -2.21. The minimum atomic E-state index is -4.54. The van der Waals surface area contributed by atoms with Crippen molar-refractivity contribution in [2.45, 2.75) is 50.5 Å². The maximum absolute atomic E-state index is 12.9. The van der Waals surface area contributed by atoms with Gasteiger partial charge in [-0.2, -0.15) is 0 Å². The van der Waals surface area contributed by atoms with Crippen molar-refractivity contribution in [2.24, 2.45) is 0 Å². The number of methoxy groups -OCH3 is 1. The van der Waals surface area contributed by atoms with E-state index in [-0.39, 0.29) is 23.9 Å². The number of benzene rings is 2. The minimum absolute atomic E-state index is 0.222. The number of nitrogens with zero attached hydrogens (tertiary/aromatic N) is 1. The first-order valence-corrected chi connectivity index (χ1v) is 12.3. The lowest BCUT2D eigenvalue weighted by atomic mass is 10.1. The molecule has 0 radical (unpaired) electrons. The number of carbonyl (C=O) groups is 2. The number of nitrogens with one attached hydrogen (secondary N) is 2. The Hall–Kier alpha value is -4.11.